The van der Waals surface area contributed by atoms with Crippen molar-refractivity contribution in [3.05, 3.63) is 60.2 Å². The van der Waals surface area contributed by atoms with Crippen LogP contribution >= 0.6 is 0 Å². The van der Waals surface area contributed by atoms with Crippen molar-refractivity contribution >= 4 is 27.1 Å². The minimum absolute atomic E-state index is 0.00326. The minimum atomic E-state index is -3.67. The smallest absolute Gasteiger partial charge is 0.223 e. The number of imidazole rings is 1. The lowest BCUT2D eigenvalue weighted by Gasteiger charge is -2.42. The predicted molar refractivity (Wildman–Crippen MR) is 119 cm³/mol. The summed E-state index contributed by atoms with van der Waals surface area (Å²) in [6.45, 7) is 0.956. The molecule has 2 atom stereocenters. The first-order valence-corrected chi connectivity index (χ1v) is 12.4. The Morgan fingerprint density at radius 2 is 1.94 bits per heavy atom. The summed E-state index contributed by atoms with van der Waals surface area (Å²) in [5, 5.41) is 9.27. The van der Waals surface area contributed by atoms with Crippen LogP contribution in [0.3, 0.4) is 0 Å². The van der Waals surface area contributed by atoms with Gasteiger partial charge in [0.15, 0.2) is 9.84 Å². The number of rotatable bonds is 5. The Balaban J connectivity index is 1.27. The van der Waals surface area contributed by atoms with Gasteiger partial charge in [-0.25, -0.2) is 17.8 Å². The second-order valence-corrected chi connectivity index (χ2v) is 10.5. The van der Waals surface area contributed by atoms with Gasteiger partial charge in [0.05, 0.1) is 11.3 Å². The largest absolute Gasteiger partial charge is 0.362 e. The fourth-order valence-electron chi connectivity index (χ4n) is 4.95. The van der Waals surface area contributed by atoms with E-state index >= 15 is 0 Å². The molecule has 0 spiro atoms. The van der Waals surface area contributed by atoms with Gasteiger partial charge in [-0.3, -0.25) is 9.20 Å². The summed E-state index contributed by atoms with van der Waals surface area (Å²) >= 11 is 0. The summed E-state index contributed by atoms with van der Waals surface area (Å²) in [6.07, 6.45) is 4.80. The monoisotopic (exact) mass is 467 g/mol. The maximum Gasteiger partial charge on any atom is 0.223 e. The number of likely N-dealkylation sites (tertiary alicyclic amines) is 1. The standard InChI is InChI=1S/C23H22FN5O3S/c24-20-7-6-17(12-16(20)13-25)29-18-4-5-19(29)15-27(14-18)22(30)8-11-33(31,32)23-3-1-2-21-26-9-10-28(21)23/h1-3,6-7,9-10,12,18-19H,4-5,8,11,14-15H2. The van der Waals surface area contributed by atoms with Crippen molar-refractivity contribution in [1.82, 2.24) is 14.3 Å². The van der Waals surface area contributed by atoms with Crippen LogP contribution in [0.1, 0.15) is 24.8 Å². The molecule has 2 bridgehead atoms. The summed E-state index contributed by atoms with van der Waals surface area (Å²) in [7, 11) is -3.67. The highest BCUT2D eigenvalue weighted by Gasteiger charge is 2.41. The van der Waals surface area contributed by atoms with Crippen molar-refractivity contribution in [2.45, 2.75) is 36.4 Å². The molecule has 4 heterocycles. The maximum absolute atomic E-state index is 13.7. The van der Waals surface area contributed by atoms with Crippen LogP contribution in [0.5, 0.6) is 0 Å². The summed E-state index contributed by atoms with van der Waals surface area (Å²) in [5.41, 5.74) is 1.32. The first kappa shape index (κ1) is 21.4. The first-order valence-electron chi connectivity index (χ1n) is 10.8. The van der Waals surface area contributed by atoms with E-state index < -0.39 is 15.7 Å². The van der Waals surface area contributed by atoms with Gasteiger partial charge in [-0.1, -0.05) is 6.07 Å². The quantitative estimate of drug-likeness (QED) is 0.571. The van der Waals surface area contributed by atoms with Crippen LogP contribution < -0.4 is 4.90 Å². The second kappa shape index (κ2) is 8.15. The van der Waals surface area contributed by atoms with Gasteiger partial charge in [0.1, 0.15) is 22.6 Å². The number of benzene rings is 1. The van der Waals surface area contributed by atoms with E-state index in [9.17, 15) is 17.6 Å². The molecule has 1 aromatic carbocycles. The van der Waals surface area contributed by atoms with Crippen LogP contribution in [0.15, 0.2) is 53.8 Å². The number of aromatic nitrogens is 2. The highest BCUT2D eigenvalue weighted by Crippen LogP contribution is 2.35. The van der Waals surface area contributed by atoms with E-state index in [2.05, 4.69) is 9.88 Å². The van der Waals surface area contributed by atoms with Gasteiger partial charge < -0.3 is 9.80 Å². The molecular formula is C23H22FN5O3S. The van der Waals surface area contributed by atoms with E-state index in [0.29, 0.717) is 18.7 Å². The van der Waals surface area contributed by atoms with Crippen LogP contribution in [-0.2, 0) is 14.6 Å². The number of carbonyl (C=O) groups excluding carboxylic acids is 1. The molecule has 1 amide bonds. The average Bonchev–Trinajstić information content (AvgIpc) is 3.39. The number of piperazine rings is 1. The Hall–Kier alpha value is -3.45. The number of halogens is 1. The van der Waals surface area contributed by atoms with E-state index in [0.717, 1.165) is 18.5 Å². The third-order valence-corrected chi connectivity index (χ3v) is 8.21. The van der Waals surface area contributed by atoms with Gasteiger partial charge in [-0.05, 0) is 43.2 Å². The van der Waals surface area contributed by atoms with Crippen molar-refractivity contribution in [2.24, 2.45) is 0 Å². The number of fused-ring (bicyclic) bond motifs is 3. The van der Waals surface area contributed by atoms with Crippen LogP contribution in [0.25, 0.3) is 5.65 Å². The van der Waals surface area contributed by atoms with Crippen molar-refractivity contribution in [2.75, 3.05) is 23.7 Å². The predicted octanol–water partition coefficient (Wildman–Crippen LogP) is 2.39. The lowest BCUT2D eigenvalue weighted by atomic mass is 10.1. The third-order valence-electron chi connectivity index (χ3n) is 6.50. The van der Waals surface area contributed by atoms with Gasteiger partial charge in [-0.2, -0.15) is 5.26 Å². The highest BCUT2D eigenvalue weighted by molar-refractivity contribution is 7.91. The van der Waals surface area contributed by atoms with E-state index in [1.54, 1.807) is 35.4 Å². The van der Waals surface area contributed by atoms with Gasteiger partial charge in [0.25, 0.3) is 0 Å². The molecule has 10 heteroatoms. The van der Waals surface area contributed by atoms with E-state index in [1.807, 2.05) is 6.07 Å². The number of anilines is 1. The summed E-state index contributed by atoms with van der Waals surface area (Å²) < 4.78 is 41.1. The van der Waals surface area contributed by atoms with Gasteiger partial charge in [0.2, 0.25) is 5.91 Å². The Labute approximate surface area is 190 Å². The van der Waals surface area contributed by atoms with Gasteiger partial charge in [-0.15, -0.1) is 0 Å². The summed E-state index contributed by atoms with van der Waals surface area (Å²) in [5.74, 6) is -1.01. The zero-order valence-electron chi connectivity index (χ0n) is 17.8. The average molecular weight is 468 g/mol. The number of sulfone groups is 1. The third kappa shape index (κ3) is 3.82. The molecule has 2 aliphatic heterocycles. The van der Waals surface area contributed by atoms with Crippen molar-refractivity contribution in [3.63, 3.8) is 0 Å². The maximum atomic E-state index is 13.7. The van der Waals surface area contributed by atoms with E-state index in [4.69, 9.17) is 5.26 Å². The Bertz CT molecular complexity index is 1370. The molecular weight excluding hydrogens is 445 g/mol. The van der Waals surface area contributed by atoms with Crippen molar-refractivity contribution < 1.29 is 17.6 Å². The molecule has 33 heavy (non-hydrogen) atoms. The molecule has 2 fully saturated rings. The van der Waals surface area contributed by atoms with Crippen LogP contribution in [0, 0.1) is 17.1 Å². The first-order chi connectivity index (χ1) is 15.9. The fourth-order valence-corrected chi connectivity index (χ4v) is 6.34. The number of hydrogen-bond donors (Lipinski definition) is 0. The molecule has 0 saturated carbocycles. The number of carbonyl (C=O) groups is 1. The van der Waals surface area contributed by atoms with Gasteiger partial charge in [0, 0.05) is 49.7 Å². The lowest BCUT2D eigenvalue weighted by Crippen LogP contribution is -2.55. The highest BCUT2D eigenvalue weighted by atomic mass is 32.2. The molecule has 2 saturated heterocycles. The molecule has 0 aliphatic carbocycles. The number of pyridine rings is 1. The molecule has 2 aromatic heterocycles. The normalized spacial score (nSPS) is 20.2. The van der Waals surface area contributed by atoms with E-state index in [-0.39, 0.29) is 40.8 Å². The number of nitrogens with zero attached hydrogens (tertiary/aromatic N) is 5. The lowest BCUT2D eigenvalue weighted by molar-refractivity contribution is -0.131. The van der Waals surface area contributed by atoms with Crippen LogP contribution in [0.2, 0.25) is 0 Å². The van der Waals surface area contributed by atoms with Crippen LogP contribution in [-0.4, -0.2) is 59.5 Å². The van der Waals surface area contributed by atoms with Gasteiger partial charge >= 0.3 is 0 Å². The zero-order valence-corrected chi connectivity index (χ0v) is 18.6. The number of nitriles is 1. The van der Waals surface area contributed by atoms with E-state index in [1.165, 1.54) is 22.7 Å². The molecule has 0 N–H and O–H groups in total. The molecule has 0 radical (unpaired) electrons. The fraction of sp³-hybridized carbons (Fsp3) is 0.348. The van der Waals surface area contributed by atoms with Crippen LogP contribution in [0.4, 0.5) is 10.1 Å². The molecule has 3 aromatic rings. The molecule has 5 rings (SSSR count). The summed E-state index contributed by atoms with van der Waals surface area (Å²) in [6, 6.07) is 11.4. The molecule has 170 valence electrons. The minimum Gasteiger partial charge on any atom is -0.362 e. The second-order valence-electron chi connectivity index (χ2n) is 8.46. The van der Waals surface area contributed by atoms with Crippen molar-refractivity contribution in [1.29, 1.82) is 5.26 Å². The van der Waals surface area contributed by atoms with Crippen molar-refractivity contribution in [3.8, 4) is 6.07 Å². The Morgan fingerprint density at radius 1 is 1.18 bits per heavy atom. The topological polar surface area (TPSA) is 98.8 Å². The molecule has 8 nitrogen and oxygen atoms in total. The zero-order chi connectivity index (χ0) is 23.2. The number of amides is 1. The Morgan fingerprint density at radius 3 is 2.67 bits per heavy atom. The number of hydrogen-bond acceptors (Lipinski definition) is 6. The Kier molecular flexibility index (Phi) is 5.29. The molecule has 2 aliphatic rings. The molecule has 2 unspecified atom stereocenters. The summed E-state index contributed by atoms with van der Waals surface area (Å²) in [4.78, 5) is 20.9. The SMILES string of the molecule is N#Cc1cc(N2C3CCC2CN(C(=O)CCS(=O)(=O)c2cccc4nccn24)C3)ccc1F.